The van der Waals surface area contributed by atoms with E-state index in [9.17, 15) is 13.6 Å². The molecule has 1 fully saturated rings. The highest BCUT2D eigenvalue weighted by molar-refractivity contribution is 5.94. The molecule has 0 spiro atoms. The van der Waals surface area contributed by atoms with Crippen LogP contribution in [0.3, 0.4) is 0 Å². The summed E-state index contributed by atoms with van der Waals surface area (Å²) in [5, 5.41) is 6.00. The molecule has 1 aromatic rings. The molecule has 1 aliphatic heterocycles. The number of hydrogen-bond donors (Lipinski definition) is 2. The fourth-order valence-corrected chi connectivity index (χ4v) is 2.29. The predicted molar refractivity (Wildman–Crippen MR) is 76.3 cm³/mol. The van der Waals surface area contributed by atoms with Gasteiger partial charge in [0.05, 0.1) is 5.56 Å². The highest BCUT2D eigenvalue weighted by Gasteiger charge is 2.16. The molecule has 2 N–H and O–H groups in total. The van der Waals surface area contributed by atoms with Gasteiger partial charge in [-0.15, -0.1) is 12.4 Å². The SMILES string of the molecule is Cc1cc(C(=O)NCC[C@H]2CCCN2)c(F)cc1F.Cl. The number of nitrogens with one attached hydrogen (secondary N) is 2. The molecule has 6 heteroatoms. The lowest BCUT2D eigenvalue weighted by atomic mass is 10.1. The summed E-state index contributed by atoms with van der Waals surface area (Å²) in [6, 6.07) is 2.43. The van der Waals surface area contributed by atoms with Gasteiger partial charge in [0.25, 0.3) is 5.91 Å². The number of aryl methyl sites for hydroxylation is 1. The number of amides is 1. The van der Waals surface area contributed by atoms with Gasteiger partial charge in [0.15, 0.2) is 0 Å². The molecule has 0 aliphatic carbocycles. The Balaban J connectivity index is 0.00000200. The lowest BCUT2D eigenvalue weighted by molar-refractivity contribution is 0.0948. The summed E-state index contributed by atoms with van der Waals surface area (Å²) in [5.74, 6) is -1.94. The molecule has 0 bridgehead atoms. The summed E-state index contributed by atoms with van der Waals surface area (Å²) in [6.07, 6.45) is 3.10. The van der Waals surface area contributed by atoms with Gasteiger partial charge < -0.3 is 10.6 Å². The summed E-state index contributed by atoms with van der Waals surface area (Å²) < 4.78 is 26.6. The zero-order valence-electron chi connectivity index (χ0n) is 11.3. The molecule has 0 aromatic heterocycles. The van der Waals surface area contributed by atoms with E-state index in [-0.39, 0.29) is 23.5 Å². The van der Waals surface area contributed by atoms with Gasteiger partial charge in [-0.05, 0) is 44.4 Å². The van der Waals surface area contributed by atoms with Crippen LogP contribution < -0.4 is 10.6 Å². The van der Waals surface area contributed by atoms with Crippen molar-refractivity contribution in [1.82, 2.24) is 10.6 Å². The number of halogens is 3. The van der Waals surface area contributed by atoms with Crippen LogP contribution in [0.25, 0.3) is 0 Å². The van der Waals surface area contributed by atoms with E-state index in [1.54, 1.807) is 0 Å². The van der Waals surface area contributed by atoms with E-state index < -0.39 is 17.5 Å². The van der Waals surface area contributed by atoms with Gasteiger partial charge in [0.2, 0.25) is 0 Å². The summed E-state index contributed by atoms with van der Waals surface area (Å²) in [7, 11) is 0. The second-order valence-electron chi connectivity index (χ2n) is 4.92. The Labute approximate surface area is 123 Å². The lowest BCUT2D eigenvalue weighted by Crippen LogP contribution is -2.31. The minimum absolute atomic E-state index is 0. The molecule has 112 valence electrons. The molecule has 1 aromatic carbocycles. The molecule has 3 nitrogen and oxygen atoms in total. The number of hydrogen-bond acceptors (Lipinski definition) is 2. The Hall–Kier alpha value is -1.20. The molecule has 0 saturated carbocycles. The highest BCUT2D eigenvalue weighted by atomic mass is 35.5. The van der Waals surface area contributed by atoms with Gasteiger partial charge in [-0.1, -0.05) is 0 Å². The van der Waals surface area contributed by atoms with E-state index in [0.717, 1.165) is 31.9 Å². The van der Waals surface area contributed by atoms with Crippen LogP contribution in [0.4, 0.5) is 8.78 Å². The van der Waals surface area contributed by atoms with E-state index in [0.29, 0.717) is 12.6 Å². The van der Waals surface area contributed by atoms with Gasteiger partial charge in [-0.25, -0.2) is 8.78 Å². The van der Waals surface area contributed by atoms with E-state index in [1.165, 1.54) is 13.0 Å². The van der Waals surface area contributed by atoms with Crippen molar-refractivity contribution in [2.24, 2.45) is 0 Å². The van der Waals surface area contributed by atoms with E-state index in [2.05, 4.69) is 10.6 Å². The van der Waals surface area contributed by atoms with Crippen molar-refractivity contribution in [3.63, 3.8) is 0 Å². The van der Waals surface area contributed by atoms with Gasteiger partial charge in [0.1, 0.15) is 11.6 Å². The van der Waals surface area contributed by atoms with Gasteiger partial charge in [0, 0.05) is 18.7 Å². The molecule has 1 heterocycles. The minimum Gasteiger partial charge on any atom is -0.352 e. The lowest BCUT2D eigenvalue weighted by Gasteiger charge is -2.11. The summed E-state index contributed by atoms with van der Waals surface area (Å²) in [6.45, 7) is 3.02. The van der Waals surface area contributed by atoms with E-state index >= 15 is 0 Å². The first-order chi connectivity index (χ1) is 9.08. The van der Waals surface area contributed by atoms with Crippen molar-refractivity contribution < 1.29 is 13.6 Å². The molecule has 1 saturated heterocycles. The molecule has 1 atom stereocenters. The second-order valence-corrected chi connectivity index (χ2v) is 4.92. The Morgan fingerprint density at radius 3 is 2.80 bits per heavy atom. The van der Waals surface area contributed by atoms with Crippen LogP contribution in [0, 0.1) is 18.6 Å². The third-order valence-corrected chi connectivity index (χ3v) is 3.43. The van der Waals surface area contributed by atoms with E-state index in [1.807, 2.05) is 0 Å². The summed E-state index contributed by atoms with van der Waals surface area (Å²) >= 11 is 0. The monoisotopic (exact) mass is 304 g/mol. The first-order valence-electron chi connectivity index (χ1n) is 6.55. The van der Waals surface area contributed by atoms with Crippen LogP contribution in [0.2, 0.25) is 0 Å². The molecule has 1 aliphatic rings. The third kappa shape index (κ3) is 4.15. The van der Waals surface area contributed by atoms with Crippen LogP contribution in [-0.4, -0.2) is 25.0 Å². The molecule has 1 amide bonds. The van der Waals surface area contributed by atoms with Gasteiger partial charge >= 0.3 is 0 Å². The fraction of sp³-hybridized carbons (Fsp3) is 0.500. The zero-order valence-corrected chi connectivity index (χ0v) is 12.2. The van der Waals surface area contributed by atoms with Crippen LogP contribution in [-0.2, 0) is 0 Å². The molecular weight excluding hydrogens is 286 g/mol. The Morgan fingerprint density at radius 1 is 1.40 bits per heavy atom. The predicted octanol–water partition coefficient (Wildman–Crippen LogP) is 2.57. The standard InChI is InChI=1S/C14H18F2N2O.ClH/c1-9-7-11(13(16)8-12(9)15)14(19)18-6-4-10-3-2-5-17-10;/h7-8,10,17H,2-6H2,1H3,(H,18,19);1H/t10-;/m1./s1. The smallest absolute Gasteiger partial charge is 0.254 e. The molecule has 20 heavy (non-hydrogen) atoms. The van der Waals surface area contributed by atoms with E-state index in [4.69, 9.17) is 0 Å². The Kier molecular flexibility index (Phi) is 6.36. The average Bonchev–Trinajstić information content (AvgIpc) is 2.86. The van der Waals surface area contributed by atoms with Gasteiger partial charge in [-0.2, -0.15) is 0 Å². The maximum atomic E-state index is 13.5. The normalized spacial score (nSPS) is 17.6. The topological polar surface area (TPSA) is 41.1 Å². The van der Waals surface area contributed by atoms with Crippen LogP contribution >= 0.6 is 12.4 Å². The van der Waals surface area contributed by atoms with Crippen LogP contribution in [0.1, 0.15) is 35.2 Å². The number of carbonyl (C=O) groups is 1. The van der Waals surface area contributed by atoms with Crippen LogP contribution in [0.15, 0.2) is 12.1 Å². The van der Waals surface area contributed by atoms with Crippen molar-refractivity contribution in [2.45, 2.75) is 32.2 Å². The van der Waals surface area contributed by atoms with Gasteiger partial charge in [-0.3, -0.25) is 4.79 Å². The maximum absolute atomic E-state index is 13.5. The Morgan fingerprint density at radius 2 is 2.15 bits per heavy atom. The summed E-state index contributed by atoms with van der Waals surface area (Å²) in [5.41, 5.74) is 0.169. The third-order valence-electron chi connectivity index (χ3n) is 3.43. The van der Waals surface area contributed by atoms with Crippen LogP contribution in [0.5, 0.6) is 0 Å². The number of rotatable bonds is 4. The zero-order chi connectivity index (χ0) is 13.8. The largest absolute Gasteiger partial charge is 0.352 e. The van der Waals surface area contributed by atoms with Crippen molar-refractivity contribution in [2.75, 3.05) is 13.1 Å². The number of carbonyl (C=O) groups excluding carboxylic acids is 1. The quantitative estimate of drug-likeness (QED) is 0.897. The summed E-state index contributed by atoms with van der Waals surface area (Å²) in [4.78, 5) is 11.8. The molecule has 0 unspecified atom stereocenters. The van der Waals surface area contributed by atoms with Crippen molar-refractivity contribution >= 4 is 18.3 Å². The molecule has 0 radical (unpaired) electrons. The maximum Gasteiger partial charge on any atom is 0.254 e. The van der Waals surface area contributed by atoms with Crippen molar-refractivity contribution in [3.8, 4) is 0 Å². The average molecular weight is 305 g/mol. The molecular formula is C14H19ClF2N2O. The second kappa shape index (κ2) is 7.55. The first kappa shape index (κ1) is 16.9. The Bertz CT molecular complexity index is 476. The minimum atomic E-state index is -0.820. The highest BCUT2D eigenvalue weighted by Crippen LogP contribution is 2.14. The van der Waals surface area contributed by atoms with Crippen molar-refractivity contribution in [3.05, 3.63) is 34.9 Å². The van der Waals surface area contributed by atoms with Crippen molar-refractivity contribution in [1.29, 1.82) is 0 Å². The number of benzene rings is 1. The molecule has 2 rings (SSSR count). The first-order valence-corrected chi connectivity index (χ1v) is 6.55. The fourth-order valence-electron chi connectivity index (χ4n) is 2.29.